The summed E-state index contributed by atoms with van der Waals surface area (Å²) in [6.07, 6.45) is 0. The molecule has 0 atom stereocenters. The predicted molar refractivity (Wildman–Crippen MR) is 123 cm³/mol. The zero-order valence-electron chi connectivity index (χ0n) is 19.3. The Bertz CT molecular complexity index is 1120. The molecule has 0 aliphatic heterocycles. The van der Waals surface area contributed by atoms with Crippen molar-refractivity contribution in [1.29, 1.82) is 0 Å². The normalized spacial score (nSPS) is 10.7. The highest BCUT2D eigenvalue weighted by Gasteiger charge is 2.15. The second-order valence-electron chi connectivity index (χ2n) is 7.44. The van der Waals surface area contributed by atoms with Crippen LogP contribution in [0.15, 0.2) is 30.3 Å². The first-order valence-corrected chi connectivity index (χ1v) is 10.3. The summed E-state index contributed by atoms with van der Waals surface area (Å²) in [5.41, 5.74) is 2.38. The standard InChI is InChI=1S/C22H28N6O5/c1-13(2)24-21(29)14-6-7-17-16(10-14)26-27-28(17)9-8-23-22(30)25-15-11-18(31-3)20(33-5)19(12-15)32-4/h6-7,10-13H,8-9H2,1-5H3,(H,24,29)(H2,23,25,30). The van der Waals surface area contributed by atoms with E-state index < -0.39 is 6.03 Å². The number of methoxy groups -OCH3 is 3. The first-order chi connectivity index (χ1) is 15.9. The number of aromatic nitrogens is 3. The van der Waals surface area contributed by atoms with E-state index in [4.69, 9.17) is 14.2 Å². The molecule has 0 aliphatic carbocycles. The molecule has 0 saturated carbocycles. The van der Waals surface area contributed by atoms with Crippen molar-refractivity contribution in [2.45, 2.75) is 26.4 Å². The van der Waals surface area contributed by atoms with E-state index in [0.717, 1.165) is 5.52 Å². The van der Waals surface area contributed by atoms with E-state index in [1.165, 1.54) is 21.3 Å². The number of rotatable bonds is 9. The third kappa shape index (κ3) is 5.62. The summed E-state index contributed by atoms with van der Waals surface area (Å²) < 4.78 is 17.5. The Balaban J connectivity index is 1.60. The average molecular weight is 457 g/mol. The molecule has 3 N–H and O–H groups in total. The van der Waals surface area contributed by atoms with E-state index >= 15 is 0 Å². The lowest BCUT2D eigenvalue weighted by atomic mass is 10.2. The number of nitrogens with zero attached hydrogens (tertiary/aromatic N) is 3. The van der Waals surface area contributed by atoms with Gasteiger partial charge in [0.2, 0.25) is 5.75 Å². The molecule has 176 valence electrons. The molecular weight excluding hydrogens is 428 g/mol. The lowest BCUT2D eigenvalue weighted by Gasteiger charge is -2.15. The van der Waals surface area contributed by atoms with Gasteiger partial charge < -0.3 is 30.2 Å². The fourth-order valence-electron chi connectivity index (χ4n) is 3.23. The fraction of sp³-hybridized carbons (Fsp3) is 0.364. The lowest BCUT2D eigenvalue weighted by molar-refractivity contribution is 0.0943. The minimum absolute atomic E-state index is 0.0428. The second kappa shape index (κ2) is 10.5. The maximum atomic E-state index is 12.3. The quantitative estimate of drug-likeness (QED) is 0.451. The summed E-state index contributed by atoms with van der Waals surface area (Å²) in [6, 6.07) is 8.13. The van der Waals surface area contributed by atoms with Crippen LogP contribution in [0.1, 0.15) is 24.2 Å². The summed E-state index contributed by atoms with van der Waals surface area (Å²) in [5, 5.41) is 16.6. The van der Waals surface area contributed by atoms with E-state index in [2.05, 4.69) is 26.3 Å². The molecule has 0 unspecified atom stereocenters. The molecule has 0 aliphatic rings. The number of ether oxygens (including phenoxy) is 3. The van der Waals surface area contributed by atoms with Crippen LogP contribution in [0.25, 0.3) is 11.0 Å². The zero-order chi connectivity index (χ0) is 24.0. The molecule has 3 aromatic rings. The van der Waals surface area contributed by atoms with Gasteiger partial charge in [0.25, 0.3) is 5.91 Å². The van der Waals surface area contributed by atoms with Gasteiger partial charge >= 0.3 is 6.03 Å². The van der Waals surface area contributed by atoms with Gasteiger partial charge in [0.05, 0.1) is 39.1 Å². The van der Waals surface area contributed by atoms with Crippen LogP contribution in [-0.4, -0.2) is 60.8 Å². The number of hydrogen-bond donors (Lipinski definition) is 3. The molecule has 11 heteroatoms. The number of fused-ring (bicyclic) bond motifs is 1. The summed E-state index contributed by atoms with van der Waals surface area (Å²) in [4.78, 5) is 24.5. The molecule has 0 radical (unpaired) electrons. The first kappa shape index (κ1) is 23.6. The van der Waals surface area contributed by atoms with E-state index in [-0.39, 0.29) is 11.9 Å². The molecule has 0 bridgehead atoms. The van der Waals surface area contributed by atoms with Crippen molar-refractivity contribution in [3.05, 3.63) is 35.9 Å². The fourth-order valence-corrected chi connectivity index (χ4v) is 3.23. The van der Waals surface area contributed by atoms with Gasteiger partial charge in [-0.05, 0) is 32.0 Å². The first-order valence-electron chi connectivity index (χ1n) is 10.3. The van der Waals surface area contributed by atoms with Gasteiger partial charge in [-0.25, -0.2) is 9.48 Å². The summed E-state index contributed by atoms with van der Waals surface area (Å²) >= 11 is 0. The Morgan fingerprint density at radius 2 is 1.73 bits per heavy atom. The number of carbonyl (C=O) groups is 2. The van der Waals surface area contributed by atoms with Crippen molar-refractivity contribution in [1.82, 2.24) is 25.6 Å². The maximum Gasteiger partial charge on any atom is 0.319 e. The summed E-state index contributed by atoms with van der Waals surface area (Å²) in [6.45, 7) is 4.51. The van der Waals surface area contributed by atoms with Crippen LogP contribution in [0.5, 0.6) is 17.2 Å². The van der Waals surface area contributed by atoms with Crippen LogP contribution >= 0.6 is 0 Å². The van der Waals surface area contributed by atoms with E-state index in [1.807, 2.05) is 13.8 Å². The predicted octanol–water partition coefficient (Wildman–Crippen LogP) is 2.42. The third-order valence-corrected chi connectivity index (χ3v) is 4.73. The van der Waals surface area contributed by atoms with Crippen molar-refractivity contribution in [3.8, 4) is 17.2 Å². The molecule has 1 aromatic heterocycles. The van der Waals surface area contributed by atoms with Crippen molar-refractivity contribution in [3.63, 3.8) is 0 Å². The number of hydrogen-bond acceptors (Lipinski definition) is 7. The molecular formula is C22H28N6O5. The topological polar surface area (TPSA) is 129 Å². The average Bonchev–Trinajstić information content (AvgIpc) is 3.20. The highest BCUT2D eigenvalue weighted by Crippen LogP contribution is 2.39. The number of carbonyl (C=O) groups excluding carboxylic acids is 2. The molecule has 0 spiro atoms. The monoisotopic (exact) mass is 456 g/mol. The Kier molecular flexibility index (Phi) is 7.54. The van der Waals surface area contributed by atoms with E-state index in [1.54, 1.807) is 35.0 Å². The van der Waals surface area contributed by atoms with E-state index in [9.17, 15) is 9.59 Å². The zero-order valence-corrected chi connectivity index (χ0v) is 19.3. The van der Waals surface area contributed by atoms with Gasteiger partial charge in [0.1, 0.15) is 5.52 Å². The van der Waals surface area contributed by atoms with Crippen LogP contribution in [0.2, 0.25) is 0 Å². The molecule has 3 amide bonds. The number of nitrogens with one attached hydrogen (secondary N) is 3. The van der Waals surface area contributed by atoms with Gasteiger partial charge in [0.15, 0.2) is 11.5 Å². The molecule has 11 nitrogen and oxygen atoms in total. The molecule has 1 heterocycles. The highest BCUT2D eigenvalue weighted by atomic mass is 16.5. The van der Waals surface area contributed by atoms with Crippen LogP contribution in [-0.2, 0) is 6.54 Å². The minimum atomic E-state index is -0.402. The highest BCUT2D eigenvalue weighted by molar-refractivity contribution is 5.97. The Labute approximate surface area is 191 Å². The van der Waals surface area contributed by atoms with Crippen LogP contribution in [0.4, 0.5) is 10.5 Å². The maximum absolute atomic E-state index is 12.3. The van der Waals surface area contributed by atoms with Crippen molar-refractivity contribution in [2.75, 3.05) is 33.2 Å². The number of anilines is 1. The number of benzene rings is 2. The van der Waals surface area contributed by atoms with Gasteiger partial charge in [-0.1, -0.05) is 5.21 Å². The molecule has 2 aromatic carbocycles. The lowest BCUT2D eigenvalue weighted by Crippen LogP contribution is -2.31. The summed E-state index contributed by atoms with van der Waals surface area (Å²) in [7, 11) is 4.52. The third-order valence-electron chi connectivity index (χ3n) is 4.73. The number of urea groups is 1. The SMILES string of the molecule is COc1cc(NC(=O)NCCn2nnc3cc(C(=O)NC(C)C)ccc32)cc(OC)c1OC. The Morgan fingerprint density at radius 1 is 1.03 bits per heavy atom. The van der Waals surface area contributed by atoms with Crippen LogP contribution in [0.3, 0.4) is 0 Å². The molecule has 0 saturated heterocycles. The Hall–Kier alpha value is -4.02. The van der Waals surface area contributed by atoms with Gasteiger partial charge in [-0.2, -0.15) is 0 Å². The van der Waals surface area contributed by atoms with Crippen LogP contribution in [0, 0.1) is 0 Å². The molecule has 3 rings (SSSR count). The molecule has 0 fully saturated rings. The van der Waals surface area contributed by atoms with Gasteiger partial charge in [-0.3, -0.25) is 4.79 Å². The summed E-state index contributed by atoms with van der Waals surface area (Å²) in [5.74, 6) is 1.14. The second-order valence-corrected chi connectivity index (χ2v) is 7.44. The number of amides is 3. The van der Waals surface area contributed by atoms with Gasteiger partial charge in [-0.15, -0.1) is 5.10 Å². The molecule has 33 heavy (non-hydrogen) atoms. The largest absolute Gasteiger partial charge is 0.493 e. The van der Waals surface area contributed by atoms with Gasteiger partial charge in [0, 0.05) is 30.3 Å². The minimum Gasteiger partial charge on any atom is -0.493 e. The van der Waals surface area contributed by atoms with Crippen LogP contribution < -0.4 is 30.2 Å². The van der Waals surface area contributed by atoms with Crippen molar-refractivity contribution in [2.24, 2.45) is 0 Å². The van der Waals surface area contributed by atoms with Crippen molar-refractivity contribution >= 4 is 28.7 Å². The smallest absolute Gasteiger partial charge is 0.319 e. The Morgan fingerprint density at radius 3 is 2.33 bits per heavy atom. The van der Waals surface area contributed by atoms with E-state index in [0.29, 0.717) is 47.1 Å². The van der Waals surface area contributed by atoms with Crippen molar-refractivity contribution < 1.29 is 23.8 Å².